The maximum absolute atomic E-state index is 8.39. The Labute approximate surface area is 95.6 Å². The second kappa shape index (κ2) is 3.52. The fraction of sp³-hybridized carbons (Fsp3) is 0. The van der Waals surface area contributed by atoms with E-state index in [0.29, 0.717) is 5.69 Å². The molecule has 0 amide bonds. The first kappa shape index (κ1) is 9.21. The highest BCUT2D eigenvalue weighted by Crippen LogP contribution is 2.35. The van der Waals surface area contributed by atoms with E-state index in [1.807, 2.05) is 30.3 Å². The Bertz CT molecular complexity index is 723. The molecule has 0 spiro atoms. The fourth-order valence-electron chi connectivity index (χ4n) is 1.83. The summed E-state index contributed by atoms with van der Waals surface area (Å²) in [7, 11) is 0. The van der Waals surface area contributed by atoms with E-state index in [4.69, 9.17) is 5.53 Å². The number of nitrogens with zero attached hydrogens (tertiary/aromatic N) is 3. The van der Waals surface area contributed by atoms with E-state index in [1.165, 1.54) is 15.5 Å². The lowest BCUT2D eigenvalue weighted by atomic mass is 10.1. The van der Waals surface area contributed by atoms with Crippen LogP contribution in [-0.4, -0.2) is 0 Å². The molecule has 4 heteroatoms. The van der Waals surface area contributed by atoms with Gasteiger partial charge in [-0.2, -0.15) is 0 Å². The van der Waals surface area contributed by atoms with E-state index < -0.39 is 0 Å². The molecule has 0 aliphatic rings. The quantitative estimate of drug-likeness (QED) is 0.318. The third kappa shape index (κ3) is 1.33. The van der Waals surface area contributed by atoms with Crippen molar-refractivity contribution in [1.29, 1.82) is 0 Å². The summed E-state index contributed by atoms with van der Waals surface area (Å²) in [5, 5.41) is 6.09. The Morgan fingerprint density at radius 2 is 1.81 bits per heavy atom. The molecule has 0 aliphatic heterocycles. The third-order valence-corrected chi connectivity index (χ3v) is 3.66. The van der Waals surface area contributed by atoms with Gasteiger partial charge in [0.2, 0.25) is 0 Å². The molecule has 0 N–H and O–H groups in total. The largest absolute Gasteiger partial charge is 0.135 e. The van der Waals surface area contributed by atoms with Crippen molar-refractivity contribution in [3.8, 4) is 0 Å². The van der Waals surface area contributed by atoms with Gasteiger partial charge >= 0.3 is 0 Å². The number of thiophene rings is 1. The topological polar surface area (TPSA) is 48.8 Å². The predicted octanol–water partition coefficient (Wildman–Crippen LogP) is 5.00. The summed E-state index contributed by atoms with van der Waals surface area (Å²) < 4.78 is 2.42. The van der Waals surface area contributed by atoms with Crippen LogP contribution in [0, 0.1) is 0 Å². The summed E-state index contributed by atoms with van der Waals surface area (Å²) in [6.45, 7) is 0. The SMILES string of the molecule is [N-]=[N+]=Nc1ccc2c(c1)sc1ccccc12. The number of fused-ring (bicyclic) bond motifs is 3. The minimum absolute atomic E-state index is 0.668. The monoisotopic (exact) mass is 225 g/mol. The first-order valence-corrected chi connectivity index (χ1v) is 5.66. The highest BCUT2D eigenvalue weighted by Gasteiger charge is 2.03. The van der Waals surface area contributed by atoms with Crippen LogP contribution in [0.25, 0.3) is 30.6 Å². The van der Waals surface area contributed by atoms with E-state index >= 15 is 0 Å². The molecular weight excluding hydrogens is 218 g/mol. The summed E-state index contributed by atoms with van der Waals surface area (Å²) in [4.78, 5) is 2.80. The molecule has 2 aromatic carbocycles. The van der Waals surface area contributed by atoms with Gasteiger partial charge < -0.3 is 0 Å². The number of benzene rings is 2. The summed E-state index contributed by atoms with van der Waals surface area (Å²) in [5.74, 6) is 0. The van der Waals surface area contributed by atoms with Crippen molar-refractivity contribution in [2.45, 2.75) is 0 Å². The molecule has 0 aliphatic carbocycles. The summed E-state index contributed by atoms with van der Waals surface area (Å²) in [6, 6.07) is 14.1. The molecular formula is C12H7N3S. The van der Waals surface area contributed by atoms with Gasteiger partial charge in [-0.25, -0.2) is 0 Å². The van der Waals surface area contributed by atoms with Crippen molar-refractivity contribution in [1.82, 2.24) is 0 Å². The van der Waals surface area contributed by atoms with Crippen LogP contribution in [0.3, 0.4) is 0 Å². The molecule has 0 saturated heterocycles. The summed E-state index contributed by atoms with van der Waals surface area (Å²) in [6.07, 6.45) is 0. The van der Waals surface area contributed by atoms with E-state index in [9.17, 15) is 0 Å². The summed E-state index contributed by atoms with van der Waals surface area (Å²) in [5.41, 5.74) is 9.06. The second-order valence-corrected chi connectivity index (χ2v) is 4.55. The van der Waals surface area contributed by atoms with Crippen molar-refractivity contribution < 1.29 is 0 Å². The van der Waals surface area contributed by atoms with Crippen LogP contribution < -0.4 is 0 Å². The maximum Gasteiger partial charge on any atom is 0.0389 e. The Morgan fingerprint density at radius 3 is 2.69 bits per heavy atom. The van der Waals surface area contributed by atoms with Crippen molar-refractivity contribution >= 4 is 37.2 Å². The van der Waals surface area contributed by atoms with Gasteiger partial charge in [0.15, 0.2) is 0 Å². The van der Waals surface area contributed by atoms with Crippen molar-refractivity contribution in [3.63, 3.8) is 0 Å². The van der Waals surface area contributed by atoms with Gasteiger partial charge in [0.1, 0.15) is 0 Å². The van der Waals surface area contributed by atoms with Gasteiger partial charge in [-0.05, 0) is 17.7 Å². The Hall–Kier alpha value is -2.03. The molecule has 16 heavy (non-hydrogen) atoms. The first-order chi connectivity index (χ1) is 7.88. The van der Waals surface area contributed by atoms with Crippen LogP contribution in [0.5, 0.6) is 0 Å². The predicted molar refractivity (Wildman–Crippen MR) is 68.1 cm³/mol. The maximum atomic E-state index is 8.39. The number of rotatable bonds is 1. The fourth-order valence-corrected chi connectivity index (χ4v) is 2.97. The standard InChI is InChI=1S/C12H7N3S/c13-15-14-8-5-6-10-9-3-1-2-4-11(9)16-12(10)7-8/h1-7H. The van der Waals surface area contributed by atoms with Gasteiger partial charge in [0.25, 0.3) is 0 Å². The van der Waals surface area contributed by atoms with E-state index in [1.54, 1.807) is 11.3 Å². The van der Waals surface area contributed by atoms with Gasteiger partial charge in [-0.15, -0.1) is 11.3 Å². The van der Waals surface area contributed by atoms with Crippen LogP contribution in [0.15, 0.2) is 47.6 Å². The molecule has 0 saturated carbocycles. The zero-order valence-corrected chi connectivity index (χ0v) is 9.11. The number of hydrogen-bond acceptors (Lipinski definition) is 2. The molecule has 0 atom stereocenters. The molecule has 3 aromatic rings. The molecule has 0 radical (unpaired) electrons. The van der Waals surface area contributed by atoms with Crippen LogP contribution in [0.1, 0.15) is 0 Å². The van der Waals surface area contributed by atoms with Gasteiger partial charge in [0.05, 0.1) is 0 Å². The van der Waals surface area contributed by atoms with Crippen LogP contribution >= 0.6 is 11.3 Å². The minimum Gasteiger partial charge on any atom is -0.135 e. The van der Waals surface area contributed by atoms with Crippen molar-refractivity contribution in [3.05, 3.63) is 52.9 Å². The lowest BCUT2D eigenvalue weighted by Crippen LogP contribution is -1.65. The van der Waals surface area contributed by atoms with E-state index in [0.717, 1.165) is 4.70 Å². The smallest absolute Gasteiger partial charge is 0.0389 e. The van der Waals surface area contributed by atoms with Crippen molar-refractivity contribution in [2.24, 2.45) is 5.11 Å². The number of hydrogen-bond donors (Lipinski definition) is 0. The average Bonchev–Trinajstić information content (AvgIpc) is 2.67. The lowest BCUT2D eigenvalue weighted by Gasteiger charge is -1.92. The van der Waals surface area contributed by atoms with Gasteiger partial charge in [-0.1, -0.05) is 35.4 Å². The molecule has 0 fully saturated rings. The Balaban J connectivity index is 2.41. The molecule has 76 valence electrons. The van der Waals surface area contributed by atoms with Crippen LogP contribution in [-0.2, 0) is 0 Å². The molecule has 0 unspecified atom stereocenters. The molecule has 1 heterocycles. The number of azide groups is 1. The average molecular weight is 225 g/mol. The summed E-state index contributed by atoms with van der Waals surface area (Å²) >= 11 is 1.72. The highest BCUT2D eigenvalue weighted by molar-refractivity contribution is 7.25. The van der Waals surface area contributed by atoms with Crippen LogP contribution in [0.4, 0.5) is 5.69 Å². The molecule has 3 nitrogen and oxygen atoms in total. The van der Waals surface area contributed by atoms with Crippen molar-refractivity contribution in [2.75, 3.05) is 0 Å². The van der Waals surface area contributed by atoms with Gasteiger partial charge in [0, 0.05) is 30.8 Å². The van der Waals surface area contributed by atoms with E-state index in [-0.39, 0.29) is 0 Å². The molecule has 3 rings (SSSR count). The highest BCUT2D eigenvalue weighted by atomic mass is 32.1. The lowest BCUT2D eigenvalue weighted by molar-refractivity contribution is 1.50. The van der Waals surface area contributed by atoms with Gasteiger partial charge in [-0.3, -0.25) is 0 Å². The zero-order chi connectivity index (χ0) is 11.0. The third-order valence-electron chi connectivity index (χ3n) is 2.52. The normalized spacial score (nSPS) is 10.5. The van der Waals surface area contributed by atoms with Crippen LogP contribution in [0.2, 0.25) is 0 Å². The molecule has 0 bridgehead atoms. The minimum atomic E-state index is 0.668. The second-order valence-electron chi connectivity index (χ2n) is 3.47. The first-order valence-electron chi connectivity index (χ1n) is 4.85. The van der Waals surface area contributed by atoms with E-state index in [2.05, 4.69) is 22.2 Å². The zero-order valence-electron chi connectivity index (χ0n) is 8.29. The molecule has 1 aromatic heterocycles. The Kier molecular flexibility index (Phi) is 2.03. The Morgan fingerprint density at radius 1 is 1.00 bits per heavy atom.